The number of carbonyl (C=O) groups is 1. The minimum atomic E-state index is -0.481. The van der Waals surface area contributed by atoms with Crippen LogP contribution in [0.4, 0.5) is 8.78 Å². The maximum atomic E-state index is 13.5. The molecule has 6 heteroatoms. The van der Waals surface area contributed by atoms with E-state index in [1.165, 1.54) is 0 Å². The normalized spacial score (nSPS) is 21.2. The molecule has 1 unspecified atom stereocenters. The smallest absolute Gasteiger partial charge is 0.222 e. The van der Waals surface area contributed by atoms with Gasteiger partial charge in [-0.1, -0.05) is 6.92 Å². The highest BCUT2D eigenvalue weighted by Gasteiger charge is 2.34. The first-order chi connectivity index (χ1) is 9.43. The molecule has 0 saturated carbocycles. The minimum Gasteiger partial charge on any atom is -0.342 e. The van der Waals surface area contributed by atoms with Crippen molar-refractivity contribution in [3.05, 3.63) is 35.4 Å². The van der Waals surface area contributed by atoms with Crippen LogP contribution in [-0.4, -0.2) is 30.4 Å². The fraction of sp³-hybridized carbons (Fsp3) is 0.533. The molecule has 1 saturated heterocycles. The molecule has 0 radical (unpaired) electrons. The number of aryl methyl sites for hydroxylation is 1. The van der Waals surface area contributed by atoms with Crippen LogP contribution in [0.2, 0.25) is 0 Å². The van der Waals surface area contributed by atoms with Crippen molar-refractivity contribution in [2.24, 2.45) is 11.1 Å². The Balaban J connectivity index is 0.00000220. The van der Waals surface area contributed by atoms with E-state index in [1.807, 2.05) is 0 Å². The Morgan fingerprint density at radius 3 is 2.76 bits per heavy atom. The van der Waals surface area contributed by atoms with E-state index in [-0.39, 0.29) is 42.1 Å². The summed E-state index contributed by atoms with van der Waals surface area (Å²) in [6, 6.07) is 3.32. The van der Waals surface area contributed by atoms with E-state index >= 15 is 0 Å². The molecule has 0 spiro atoms. The van der Waals surface area contributed by atoms with Gasteiger partial charge in [-0.05, 0) is 48.6 Å². The lowest BCUT2D eigenvalue weighted by Crippen LogP contribution is -2.34. The summed E-state index contributed by atoms with van der Waals surface area (Å²) in [6.45, 7) is 3.95. The zero-order chi connectivity index (χ0) is 14.8. The van der Waals surface area contributed by atoms with Crippen molar-refractivity contribution >= 4 is 18.3 Å². The van der Waals surface area contributed by atoms with Crippen LogP contribution in [-0.2, 0) is 11.2 Å². The van der Waals surface area contributed by atoms with E-state index < -0.39 is 11.6 Å². The summed E-state index contributed by atoms with van der Waals surface area (Å²) >= 11 is 0. The maximum Gasteiger partial charge on any atom is 0.222 e. The number of nitrogens with two attached hydrogens (primary N) is 1. The minimum absolute atomic E-state index is 0. The van der Waals surface area contributed by atoms with Crippen molar-refractivity contribution in [2.45, 2.75) is 26.2 Å². The first-order valence-electron chi connectivity index (χ1n) is 6.85. The van der Waals surface area contributed by atoms with Gasteiger partial charge in [-0.3, -0.25) is 4.79 Å². The Bertz CT molecular complexity index is 512. The summed E-state index contributed by atoms with van der Waals surface area (Å²) in [7, 11) is 0. The van der Waals surface area contributed by atoms with Crippen LogP contribution in [0.25, 0.3) is 0 Å². The van der Waals surface area contributed by atoms with E-state index in [2.05, 4.69) is 6.92 Å². The van der Waals surface area contributed by atoms with Gasteiger partial charge in [-0.25, -0.2) is 8.78 Å². The topological polar surface area (TPSA) is 46.3 Å². The number of rotatable bonds is 4. The molecule has 118 valence electrons. The van der Waals surface area contributed by atoms with Crippen molar-refractivity contribution in [1.29, 1.82) is 0 Å². The molecule has 1 atom stereocenters. The van der Waals surface area contributed by atoms with Gasteiger partial charge >= 0.3 is 0 Å². The van der Waals surface area contributed by atoms with Gasteiger partial charge in [0.25, 0.3) is 0 Å². The quantitative estimate of drug-likeness (QED) is 0.927. The number of likely N-dealkylation sites (tertiary alicyclic amines) is 1. The molecular formula is C15H21ClF2N2O. The van der Waals surface area contributed by atoms with E-state index in [0.717, 1.165) is 24.6 Å². The van der Waals surface area contributed by atoms with Gasteiger partial charge in [0.2, 0.25) is 5.91 Å². The maximum absolute atomic E-state index is 13.5. The molecule has 1 aromatic carbocycles. The lowest BCUT2D eigenvalue weighted by Gasteiger charge is -2.22. The number of halogens is 3. The highest BCUT2D eigenvalue weighted by atomic mass is 35.5. The predicted molar refractivity (Wildman–Crippen MR) is 80.3 cm³/mol. The molecule has 0 aliphatic carbocycles. The zero-order valence-electron chi connectivity index (χ0n) is 12.1. The second kappa shape index (κ2) is 7.18. The first-order valence-corrected chi connectivity index (χ1v) is 6.85. The average molecular weight is 319 g/mol. The van der Waals surface area contributed by atoms with Gasteiger partial charge in [-0.2, -0.15) is 0 Å². The molecule has 21 heavy (non-hydrogen) atoms. The van der Waals surface area contributed by atoms with Gasteiger partial charge in [-0.15, -0.1) is 12.4 Å². The van der Waals surface area contributed by atoms with Crippen LogP contribution in [0, 0.1) is 17.0 Å². The van der Waals surface area contributed by atoms with Gasteiger partial charge in [0.15, 0.2) is 0 Å². The molecule has 2 N–H and O–H groups in total. The van der Waals surface area contributed by atoms with E-state index in [0.29, 0.717) is 19.6 Å². The Labute approximate surface area is 129 Å². The summed E-state index contributed by atoms with van der Waals surface area (Å²) in [5, 5.41) is 0. The zero-order valence-corrected chi connectivity index (χ0v) is 12.9. The highest BCUT2D eigenvalue weighted by Crippen LogP contribution is 2.29. The number of amides is 1. The summed E-state index contributed by atoms with van der Waals surface area (Å²) in [5.74, 6) is -0.969. The number of hydrogen-bond acceptors (Lipinski definition) is 2. The lowest BCUT2D eigenvalue weighted by molar-refractivity contribution is -0.130. The molecule has 1 amide bonds. The largest absolute Gasteiger partial charge is 0.342 e. The number of carbonyl (C=O) groups excluding carboxylic acids is 1. The van der Waals surface area contributed by atoms with Crippen molar-refractivity contribution < 1.29 is 13.6 Å². The van der Waals surface area contributed by atoms with Crippen LogP contribution in [0.1, 0.15) is 25.3 Å². The first kappa shape index (κ1) is 17.9. The SMILES string of the molecule is CC1(CN)CCN(C(=O)CCc2cc(F)ccc2F)C1.Cl. The third kappa shape index (κ3) is 4.38. The van der Waals surface area contributed by atoms with Gasteiger partial charge in [0, 0.05) is 19.5 Å². The summed E-state index contributed by atoms with van der Waals surface area (Å²) in [5.41, 5.74) is 5.94. The van der Waals surface area contributed by atoms with Gasteiger partial charge in [0.1, 0.15) is 11.6 Å². The molecular weight excluding hydrogens is 298 g/mol. The predicted octanol–water partition coefficient (Wildman–Crippen LogP) is 2.52. The molecule has 3 nitrogen and oxygen atoms in total. The monoisotopic (exact) mass is 318 g/mol. The second-order valence-electron chi connectivity index (χ2n) is 5.82. The second-order valence-corrected chi connectivity index (χ2v) is 5.82. The van der Waals surface area contributed by atoms with Crippen LogP contribution in [0.15, 0.2) is 18.2 Å². The Hall–Kier alpha value is -1.20. The van der Waals surface area contributed by atoms with Crippen LogP contribution >= 0.6 is 12.4 Å². The van der Waals surface area contributed by atoms with Crippen molar-refractivity contribution in [1.82, 2.24) is 4.90 Å². The average Bonchev–Trinajstić information content (AvgIpc) is 2.83. The van der Waals surface area contributed by atoms with E-state index in [9.17, 15) is 13.6 Å². The number of benzene rings is 1. The van der Waals surface area contributed by atoms with Crippen LogP contribution in [0.3, 0.4) is 0 Å². The third-order valence-corrected chi connectivity index (χ3v) is 4.02. The van der Waals surface area contributed by atoms with Crippen LogP contribution in [0.5, 0.6) is 0 Å². The van der Waals surface area contributed by atoms with Crippen LogP contribution < -0.4 is 5.73 Å². The molecule has 1 aromatic rings. The van der Waals surface area contributed by atoms with Crippen molar-refractivity contribution in [3.63, 3.8) is 0 Å². The molecule has 0 aromatic heterocycles. The van der Waals surface area contributed by atoms with Crippen molar-refractivity contribution in [2.75, 3.05) is 19.6 Å². The summed E-state index contributed by atoms with van der Waals surface area (Å²) in [6.07, 6.45) is 1.31. The molecule has 1 aliphatic rings. The van der Waals surface area contributed by atoms with Crippen molar-refractivity contribution in [3.8, 4) is 0 Å². The van der Waals surface area contributed by atoms with Gasteiger partial charge < -0.3 is 10.6 Å². The summed E-state index contributed by atoms with van der Waals surface area (Å²) < 4.78 is 26.5. The molecule has 1 fully saturated rings. The Morgan fingerprint density at radius 2 is 2.14 bits per heavy atom. The van der Waals surface area contributed by atoms with E-state index in [4.69, 9.17) is 5.73 Å². The lowest BCUT2D eigenvalue weighted by atomic mass is 9.90. The fourth-order valence-corrected chi connectivity index (χ4v) is 2.54. The molecule has 2 rings (SSSR count). The Kier molecular flexibility index (Phi) is 6.10. The Morgan fingerprint density at radius 1 is 1.43 bits per heavy atom. The summed E-state index contributed by atoms with van der Waals surface area (Å²) in [4.78, 5) is 13.9. The fourth-order valence-electron chi connectivity index (χ4n) is 2.54. The standard InChI is InChI=1S/C15H20F2N2O.ClH/c1-15(9-18)6-7-19(10-15)14(20)5-2-11-8-12(16)3-4-13(11)17;/h3-4,8H,2,5-7,9-10,18H2,1H3;1H. The third-order valence-electron chi connectivity index (χ3n) is 4.02. The van der Waals surface area contributed by atoms with Gasteiger partial charge in [0.05, 0.1) is 0 Å². The highest BCUT2D eigenvalue weighted by molar-refractivity contribution is 5.85. The molecule has 0 bridgehead atoms. The number of nitrogens with zero attached hydrogens (tertiary/aromatic N) is 1. The molecule has 1 aliphatic heterocycles. The molecule has 1 heterocycles. The van der Waals surface area contributed by atoms with E-state index in [1.54, 1.807) is 4.90 Å². The number of hydrogen-bond donors (Lipinski definition) is 1.